The Hall–Kier alpha value is -3.26. The summed E-state index contributed by atoms with van der Waals surface area (Å²) in [4.78, 5) is 28.4. The first-order chi connectivity index (χ1) is 15.2. The van der Waals surface area contributed by atoms with Crippen LogP contribution in [0.2, 0.25) is 0 Å². The predicted octanol–water partition coefficient (Wildman–Crippen LogP) is 3.86. The molecule has 0 saturated carbocycles. The van der Waals surface area contributed by atoms with Gasteiger partial charge in [-0.25, -0.2) is 18.2 Å². The van der Waals surface area contributed by atoms with Gasteiger partial charge in [0.25, 0.3) is 0 Å². The number of ether oxygens (including phenoxy) is 1. The lowest BCUT2D eigenvalue weighted by atomic mass is 10.1. The largest absolute Gasteiger partial charge is 0.462 e. The van der Waals surface area contributed by atoms with E-state index < -0.39 is 27.3 Å². The third-order valence-corrected chi connectivity index (χ3v) is 6.35. The number of ketones is 1. The summed E-state index contributed by atoms with van der Waals surface area (Å²) in [5, 5.41) is 0. The van der Waals surface area contributed by atoms with Crippen LogP contribution in [0.15, 0.2) is 52.9 Å². The average molecular weight is 456 g/mol. The Morgan fingerprint density at radius 2 is 1.72 bits per heavy atom. The van der Waals surface area contributed by atoms with Gasteiger partial charge in [0.1, 0.15) is 11.5 Å². The van der Waals surface area contributed by atoms with Gasteiger partial charge in [-0.3, -0.25) is 4.79 Å². The molecule has 2 aromatic carbocycles. The first kappa shape index (κ1) is 23.4. The summed E-state index contributed by atoms with van der Waals surface area (Å²) in [6.07, 6.45) is -0.0470. The molecule has 0 amide bonds. The minimum Gasteiger partial charge on any atom is -0.462 e. The molecule has 8 heteroatoms. The van der Waals surface area contributed by atoms with E-state index in [1.54, 1.807) is 38.1 Å². The number of aromatic nitrogens is 1. The number of benzene rings is 2. The highest BCUT2D eigenvalue weighted by Gasteiger charge is 2.22. The second-order valence-electron chi connectivity index (χ2n) is 7.50. The van der Waals surface area contributed by atoms with Gasteiger partial charge >= 0.3 is 5.97 Å². The molecule has 1 heterocycles. The highest BCUT2D eigenvalue weighted by atomic mass is 32.2. The van der Waals surface area contributed by atoms with Crippen LogP contribution >= 0.6 is 0 Å². The van der Waals surface area contributed by atoms with Gasteiger partial charge in [0.2, 0.25) is 5.89 Å². The van der Waals surface area contributed by atoms with E-state index in [9.17, 15) is 18.0 Å². The number of Topliss-reactive ketones (excluding diaryl/α,β-unsaturated/α-hetero) is 1. The molecule has 0 aliphatic rings. The third-order valence-electron chi connectivity index (χ3n) is 4.87. The van der Waals surface area contributed by atoms with Gasteiger partial charge in [0, 0.05) is 12.0 Å². The fraction of sp³-hybridized carbons (Fsp3) is 0.292. The van der Waals surface area contributed by atoms with E-state index in [2.05, 4.69) is 4.98 Å². The number of carbonyl (C=O) groups is 2. The lowest BCUT2D eigenvalue weighted by Gasteiger charge is -2.05. The highest BCUT2D eigenvalue weighted by Crippen LogP contribution is 2.25. The van der Waals surface area contributed by atoms with Crippen molar-refractivity contribution in [2.45, 2.75) is 32.9 Å². The molecule has 0 aliphatic heterocycles. The lowest BCUT2D eigenvalue weighted by Crippen LogP contribution is -2.20. The molecule has 3 rings (SSSR count). The number of esters is 1. The first-order valence-corrected chi connectivity index (χ1v) is 12.0. The number of hydrogen-bond donors (Lipinski definition) is 0. The Labute approximate surface area is 187 Å². The SMILES string of the molecule is CCOC(=O)c1ccc(CC(=O)CS(=O)(=O)Cc2nc(-c3ccccc3C)oc2C)cc1. The maximum Gasteiger partial charge on any atom is 0.338 e. The highest BCUT2D eigenvalue weighted by molar-refractivity contribution is 7.91. The number of oxazole rings is 1. The van der Waals surface area contributed by atoms with Gasteiger partial charge in [-0.15, -0.1) is 0 Å². The van der Waals surface area contributed by atoms with Crippen LogP contribution in [0.25, 0.3) is 11.5 Å². The number of aryl methyl sites for hydroxylation is 2. The van der Waals surface area contributed by atoms with Gasteiger partial charge < -0.3 is 9.15 Å². The number of hydrogen-bond acceptors (Lipinski definition) is 7. The van der Waals surface area contributed by atoms with Crippen molar-refractivity contribution < 1.29 is 27.2 Å². The van der Waals surface area contributed by atoms with Crippen molar-refractivity contribution in [3.63, 3.8) is 0 Å². The maximum atomic E-state index is 12.6. The van der Waals surface area contributed by atoms with E-state index in [1.807, 2.05) is 31.2 Å². The predicted molar refractivity (Wildman–Crippen MR) is 120 cm³/mol. The van der Waals surface area contributed by atoms with Crippen molar-refractivity contribution in [1.29, 1.82) is 0 Å². The molecule has 0 N–H and O–H groups in total. The van der Waals surface area contributed by atoms with E-state index in [1.165, 1.54) is 0 Å². The van der Waals surface area contributed by atoms with E-state index in [0.29, 0.717) is 28.5 Å². The lowest BCUT2D eigenvalue weighted by molar-refractivity contribution is -0.116. The van der Waals surface area contributed by atoms with E-state index in [-0.39, 0.29) is 18.8 Å². The van der Waals surface area contributed by atoms with Gasteiger partial charge in [-0.2, -0.15) is 0 Å². The zero-order valence-corrected chi connectivity index (χ0v) is 19.1. The maximum absolute atomic E-state index is 12.6. The molecule has 32 heavy (non-hydrogen) atoms. The Balaban J connectivity index is 1.65. The standard InChI is InChI=1S/C24H25NO6S/c1-4-30-24(27)19-11-9-18(10-12-19)13-20(26)14-32(28,29)15-22-17(3)31-23(25-22)21-8-6-5-7-16(21)2/h5-12H,4,13-15H2,1-3H3. The molecular formula is C24H25NO6S. The molecule has 0 fully saturated rings. The van der Waals surface area contributed by atoms with Crippen molar-refractivity contribution >= 4 is 21.6 Å². The molecule has 7 nitrogen and oxygen atoms in total. The molecule has 0 spiro atoms. The minimum absolute atomic E-state index is 0.0470. The van der Waals surface area contributed by atoms with Gasteiger partial charge in [0.05, 0.1) is 23.6 Å². The van der Waals surface area contributed by atoms with Gasteiger partial charge in [-0.05, 0) is 50.1 Å². The van der Waals surface area contributed by atoms with Crippen LogP contribution in [0.4, 0.5) is 0 Å². The van der Waals surface area contributed by atoms with Gasteiger partial charge in [-0.1, -0.05) is 30.3 Å². The summed E-state index contributed by atoms with van der Waals surface area (Å²) in [6, 6.07) is 13.9. The van der Waals surface area contributed by atoms with Crippen molar-refractivity contribution in [2.75, 3.05) is 12.4 Å². The summed E-state index contributed by atoms with van der Waals surface area (Å²) >= 11 is 0. The Kier molecular flexibility index (Phi) is 7.25. The molecule has 0 unspecified atom stereocenters. The Bertz CT molecular complexity index is 1230. The van der Waals surface area contributed by atoms with Crippen molar-refractivity contribution in [3.8, 4) is 11.5 Å². The van der Waals surface area contributed by atoms with Crippen LogP contribution in [0.5, 0.6) is 0 Å². The van der Waals surface area contributed by atoms with Gasteiger partial charge in [0.15, 0.2) is 15.6 Å². The molecule has 3 aromatic rings. The summed E-state index contributed by atoms with van der Waals surface area (Å²) in [5.74, 6) is -1.08. The number of rotatable bonds is 9. The first-order valence-electron chi connectivity index (χ1n) is 10.2. The monoisotopic (exact) mass is 455 g/mol. The summed E-state index contributed by atoms with van der Waals surface area (Å²) in [6.45, 7) is 5.57. The van der Waals surface area contributed by atoms with E-state index >= 15 is 0 Å². The van der Waals surface area contributed by atoms with Crippen LogP contribution in [0, 0.1) is 13.8 Å². The normalized spacial score (nSPS) is 11.3. The number of sulfone groups is 1. The topological polar surface area (TPSA) is 104 Å². The zero-order chi connectivity index (χ0) is 23.3. The van der Waals surface area contributed by atoms with Crippen LogP contribution in [-0.4, -0.2) is 37.5 Å². The van der Waals surface area contributed by atoms with Crippen LogP contribution in [-0.2, 0) is 31.5 Å². The van der Waals surface area contributed by atoms with E-state index in [0.717, 1.165) is 11.1 Å². The van der Waals surface area contributed by atoms with Crippen molar-refractivity contribution in [1.82, 2.24) is 4.98 Å². The quantitative estimate of drug-likeness (QED) is 0.451. The third kappa shape index (κ3) is 5.91. The molecule has 0 aliphatic carbocycles. The molecule has 0 radical (unpaired) electrons. The molecule has 168 valence electrons. The Morgan fingerprint density at radius 3 is 2.38 bits per heavy atom. The molecule has 0 atom stereocenters. The second kappa shape index (κ2) is 9.91. The van der Waals surface area contributed by atoms with Crippen molar-refractivity contribution in [3.05, 3.63) is 76.7 Å². The zero-order valence-electron chi connectivity index (χ0n) is 18.3. The molecular weight excluding hydrogens is 430 g/mol. The average Bonchev–Trinajstić information content (AvgIpc) is 3.07. The number of nitrogens with zero attached hydrogens (tertiary/aromatic N) is 1. The smallest absolute Gasteiger partial charge is 0.338 e. The molecule has 0 saturated heterocycles. The summed E-state index contributed by atoms with van der Waals surface area (Å²) in [7, 11) is -3.73. The second-order valence-corrected chi connectivity index (χ2v) is 9.57. The Morgan fingerprint density at radius 1 is 1.03 bits per heavy atom. The molecule has 0 bridgehead atoms. The molecule has 1 aromatic heterocycles. The van der Waals surface area contributed by atoms with Crippen LogP contribution in [0.1, 0.15) is 39.9 Å². The number of carbonyl (C=O) groups excluding carboxylic acids is 2. The fourth-order valence-corrected chi connectivity index (χ4v) is 4.63. The summed E-state index contributed by atoms with van der Waals surface area (Å²) in [5.41, 5.74) is 3.06. The van der Waals surface area contributed by atoms with E-state index in [4.69, 9.17) is 9.15 Å². The van der Waals surface area contributed by atoms with Crippen LogP contribution < -0.4 is 0 Å². The summed E-state index contributed by atoms with van der Waals surface area (Å²) < 4.78 is 35.8. The minimum atomic E-state index is -3.73. The van der Waals surface area contributed by atoms with Crippen molar-refractivity contribution in [2.24, 2.45) is 0 Å². The fourth-order valence-electron chi connectivity index (χ4n) is 3.25. The van der Waals surface area contributed by atoms with Crippen LogP contribution in [0.3, 0.4) is 0 Å².